The third-order valence-electron chi connectivity index (χ3n) is 6.53. The molecule has 14 heteroatoms. The van der Waals surface area contributed by atoms with Gasteiger partial charge in [0.15, 0.2) is 9.51 Å². The van der Waals surface area contributed by atoms with Crippen molar-refractivity contribution in [1.82, 2.24) is 10.3 Å². The molecule has 0 bridgehead atoms. The molecule has 0 unspecified atom stereocenters. The van der Waals surface area contributed by atoms with Gasteiger partial charge in [0.2, 0.25) is 0 Å². The predicted octanol–water partition coefficient (Wildman–Crippen LogP) is 9.11. The lowest BCUT2D eigenvalue weighted by Crippen LogP contribution is -2.19. The van der Waals surface area contributed by atoms with Gasteiger partial charge in [-0.3, -0.25) is 19.7 Å². The first-order valence-corrected chi connectivity index (χ1v) is 16.3. The Bertz CT molecular complexity index is 2100. The van der Waals surface area contributed by atoms with Crippen LogP contribution in [0.25, 0.3) is 16.3 Å². The molecule has 0 radical (unpaired) electrons. The van der Waals surface area contributed by atoms with Crippen molar-refractivity contribution in [2.45, 2.75) is 16.2 Å². The molecular weight excluding hydrogens is 673 g/mol. The summed E-state index contributed by atoms with van der Waals surface area (Å²) < 4.78 is 1.39. The van der Waals surface area contributed by atoms with Gasteiger partial charge in [-0.1, -0.05) is 59.2 Å². The molecule has 45 heavy (non-hydrogen) atoms. The van der Waals surface area contributed by atoms with E-state index in [9.17, 15) is 19.7 Å². The third kappa shape index (κ3) is 6.90. The van der Waals surface area contributed by atoms with Crippen molar-refractivity contribution in [2.75, 3.05) is 5.32 Å². The predicted molar refractivity (Wildman–Crippen MR) is 183 cm³/mol. The van der Waals surface area contributed by atoms with E-state index < -0.39 is 4.92 Å². The van der Waals surface area contributed by atoms with Crippen LogP contribution in [0.4, 0.5) is 17.1 Å². The fourth-order valence-electron chi connectivity index (χ4n) is 4.27. The van der Waals surface area contributed by atoms with Gasteiger partial charge in [0.25, 0.3) is 17.5 Å². The third-order valence-corrected chi connectivity index (χ3v) is 10.3. The van der Waals surface area contributed by atoms with E-state index in [1.807, 2.05) is 6.92 Å². The largest absolute Gasteiger partial charge is 0.322 e. The molecule has 1 aliphatic rings. The Balaban J connectivity index is 1.20. The molecule has 2 heterocycles. The lowest BCUT2D eigenvalue weighted by Gasteiger charge is -2.06. The summed E-state index contributed by atoms with van der Waals surface area (Å²) in [5.41, 5.74) is 3.42. The van der Waals surface area contributed by atoms with Crippen LogP contribution >= 0.6 is 58.1 Å². The molecule has 2 N–H and O–H groups in total. The normalized spacial score (nSPS) is 14.7. The second-order valence-electron chi connectivity index (χ2n) is 9.55. The summed E-state index contributed by atoms with van der Waals surface area (Å²) in [5.74, 6) is -0.686. The van der Waals surface area contributed by atoms with Gasteiger partial charge < -0.3 is 10.6 Å². The van der Waals surface area contributed by atoms with Gasteiger partial charge in [-0.2, -0.15) is 0 Å². The summed E-state index contributed by atoms with van der Waals surface area (Å²) in [6.45, 7) is 1.84. The van der Waals surface area contributed by atoms with Gasteiger partial charge in [0.05, 0.1) is 41.2 Å². The topological polar surface area (TPSA) is 127 Å². The van der Waals surface area contributed by atoms with Gasteiger partial charge in [-0.25, -0.2) is 9.98 Å². The van der Waals surface area contributed by atoms with Crippen LogP contribution in [0.2, 0.25) is 10.0 Å². The SMILES string of the molecule is Cc1c(Cl)cccc1N=C1NC(=O)/C(=C/c2ccc(Sc3nc4ccc(NC(=O)c5ccccc5Cl)cc4s3)c([N+](=O)[O-])c2)S1. The lowest BCUT2D eigenvalue weighted by molar-refractivity contribution is -0.387. The summed E-state index contributed by atoms with van der Waals surface area (Å²) in [6, 6.07) is 22.2. The maximum Gasteiger partial charge on any atom is 0.283 e. The van der Waals surface area contributed by atoms with E-state index in [0.717, 1.165) is 22.0 Å². The van der Waals surface area contributed by atoms with Gasteiger partial charge in [-0.15, -0.1) is 11.3 Å². The minimum atomic E-state index is -0.462. The second kappa shape index (κ2) is 13.0. The minimum absolute atomic E-state index is 0.117. The molecule has 0 saturated carbocycles. The number of amidine groups is 1. The van der Waals surface area contributed by atoms with Crippen LogP contribution in [0.3, 0.4) is 0 Å². The number of carbonyl (C=O) groups is 2. The van der Waals surface area contributed by atoms with E-state index in [4.69, 9.17) is 23.2 Å². The van der Waals surface area contributed by atoms with Crippen LogP contribution in [-0.2, 0) is 4.79 Å². The summed E-state index contributed by atoms with van der Waals surface area (Å²) in [6.07, 6.45) is 1.59. The van der Waals surface area contributed by atoms with Crippen LogP contribution in [0.5, 0.6) is 0 Å². The van der Waals surface area contributed by atoms with Gasteiger partial charge in [-0.05, 0) is 84.4 Å². The molecule has 1 saturated heterocycles. The number of nitro benzene ring substituents is 1. The Morgan fingerprint density at radius 3 is 2.67 bits per heavy atom. The zero-order chi connectivity index (χ0) is 31.7. The van der Waals surface area contributed by atoms with Crippen LogP contribution in [-0.4, -0.2) is 26.9 Å². The molecule has 6 rings (SSSR count). The number of thioether (sulfide) groups is 1. The zero-order valence-corrected chi connectivity index (χ0v) is 27.0. The molecule has 2 amide bonds. The summed E-state index contributed by atoms with van der Waals surface area (Å²) >= 11 is 16.0. The molecule has 1 fully saturated rings. The second-order valence-corrected chi connectivity index (χ2v) is 13.7. The number of nitrogens with one attached hydrogen (secondary N) is 2. The molecule has 9 nitrogen and oxygen atoms in total. The fraction of sp³-hybridized carbons (Fsp3) is 0.0323. The van der Waals surface area contributed by atoms with Crippen LogP contribution in [0.1, 0.15) is 21.5 Å². The highest BCUT2D eigenvalue weighted by molar-refractivity contribution is 8.18. The van der Waals surface area contributed by atoms with Crippen molar-refractivity contribution in [2.24, 2.45) is 4.99 Å². The standard InChI is InChI=1S/C31H19Cl2N5O4S3/c1-16-20(32)7-4-8-22(16)35-30-37-29(40)27(43-30)14-17-9-12-25(24(13-17)38(41)42)44-31-36-23-11-10-18(15-26(23)45-31)34-28(39)19-5-2-3-6-21(19)33/h2-15H,1H3,(H,34,39)(H,35,37,40)/b27-14-. The summed E-state index contributed by atoms with van der Waals surface area (Å²) in [4.78, 5) is 46.7. The number of carbonyl (C=O) groups excluding carboxylic acids is 2. The Labute approximate surface area is 278 Å². The molecule has 1 aliphatic heterocycles. The highest BCUT2D eigenvalue weighted by atomic mass is 35.5. The molecule has 5 aromatic rings. The van der Waals surface area contributed by atoms with Crippen molar-refractivity contribution in [3.63, 3.8) is 0 Å². The Morgan fingerprint density at radius 1 is 1.07 bits per heavy atom. The smallest absolute Gasteiger partial charge is 0.283 e. The first kappa shape index (κ1) is 30.8. The number of amides is 2. The highest BCUT2D eigenvalue weighted by Crippen LogP contribution is 2.40. The Kier molecular flexibility index (Phi) is 8.92. The number of aliphatic imine (C=N–C) groups is 1. The van der Waals surface area contributed by atoms with Crippen molar-refractivity contribution in [3.05, 3.63) is 121 Å². The van der Waals surface area contributed by atoms with Crippen molar-refractivity contribution >= 4 is 108 Å². The maximum atomic E-state index is 12.7. The molecular formula is C31H19Cl2N5O4S3. The van der Waals surface area contributed by atoms with Gasteiger partial charge in [0, 0.05) is 16.8 Å². The zero-order valence-electron chi connectivity index (χ0n) is 23.0. The maximum absolute atomic E-state index is 12.7. The number of thiazole rings is 1. The Hall–Kier alpha value is -4.20. The number of aromatic nitrogens is 1. The number of anilines is 1. The first-order valence-electron chi connectivity index (χ1n) is 13.1. The molecule has 0 spiro atoms. The summed E-state index contributed by atoms with van der Waals surface area (Å²) in [5, 5.41) is 18.9. The van der Waals surface area contributed by atoms with Crippen LogP contribution in [0, 0.1) is 17.0 Å². The minimum Gasteiger partial charge on any atom is -0.322 e. The number of nitro groups is 1. The molecule has 0 aliphatic carbocycles. The lowest BCUT2D eigenvalue weighted by atomic mass is 10.2. The van der Waals surface area contributed by atoms with Crippen molar-refractivity contribution in [1.29, 1.82) is 0 Å². The van der Waals surface area contributed by atoms with Crippen molar-refractivity contribution in [3.8, 4) is 0 Å². The molecule has 1 aromatic heterocycles. The highest BCUT2D eigenvalue weighted by Gasteiger charge is 2.25. The number of halogens is 2. The fourth-order valence-corrected chi connectivity index (χ4v) is 7.65. The first-order chi connectivity index (χ1) is 21.6. The number of rotatable bonds is 7. The number of nitrogens with zero attached hydrogens (tertiary/aromatic N) is 3. The van der Waals surface area contributed by atoms with E-state index in [0.29, 0.717) is 57.4 Å². The van der Waals surface area contributed by atoms with Crippen molar-refractivity contribution < 1.29 is 14.5 Å². The number of benzene rings is 4. The van der Waals surface area contributed by atoms with E-state index in [1.165, 1.54) is 29.2 Å². The van der Waals surface area contributed by atoms with E-state index in [1.54, 1.807) is 78.9 Å². The van der Waals surface area contributed by atoms with Gasteiger partial charge >= 0.3 is 0 Å². The average Bonchev–Trinajstić information content (AvgIpc) is 3.57. The average molecular weight is 693 g/mol. The molecule has 0 atom stereocenters. The number of hydrogen-bond acceptors (Lipinski definition) is 9. The summed E-state index contributed by atoms with van der Waals surface area (Å²) in [7, 11) is 0. The van der Waals surface area contributed by atoms with E-state index in [-0.39, 0.29) is 17.5 Å². The quantitative estimate of drug-likeness (QED) is 0.0990. The van der Waals surface area contributed by atoms with Crippen LogP contribution in [0.15, 0.2) is 98.0 Å². The monoisotopic (exact) mass is 691 g/mol. The van der Waals surface area contributed by atoms with Crippen LogP contribution < -0.4 is 10.6 Å². The van der Waals surface area contributed by atoms with E-state index >= 15 is 0 Å². The molecule has 224 valence electrons. The Morgan fingerprint density at radius 2 is 1.87 bits per heavy atom. The number of hydrogen-bond donors (Lipinski definition) is 2. The van der Waals surface area contributed by atoms with Gasteiger partial charge in [0.1, 0.15) is 0 Å². The molecule has 4 aromatic carbocycles. The van der Waals surface area contributed by atoms with E-state index in [2.05, 4.69) is 20.6 Å². The number of fused-ring (bicyclic) bond motifs is 1.